The second-order valence-electron chi connectivity index (χ2n) is 6.79. The van der Waals surface area contributed by atoms with E-state index in [1.807, 2.05) is 35.3 Å². The number of ether oxygens (including phenoxy) is 1. The van der Waals surface area contributed by atoms with Gasteiger partial charge in [-0.2, -0.15) is 0 Å². The van der Waals surface area contributed by atoms with Gasteiger partial charge in [0.1, 0.15) is 11.9 Å². The van der Waals surface area contributed by atoms with Crippen molar-refractivity contribution in [1.29, 1.82) is 0 Å². The van der Waals surface area contributed by atoms with E-state index in [1.54, 1.807) is 4.90 Å². The highest BCUT2D eigenvalue weighted by atomic mass is 127. The van der Waals surface area contributed by atoms with Crippen LogP contribution in [0.3, 0.4) is 0 Å². The summed E-state index contributed by atoms with van der Waals surface area (Å²) in [6.07, 6.45) is 5.13. The summed E-state index contributed by atoms with van der Waals surface area (Å²) >= 11 is 8.45. The first-order valence-electron chi connectivity index (χ1n) is 9.42. The van der Waals surface area contributed by atoms with E-state index in [4.69, 9.17) is 16.3 Å². The molecule has 0 aliphatic carbocycles. The van der Waals surface area contributed by atoms with Crippen molar-refractivity contribution >= 4 is 34.2 Å². The van der Waals surface area contributed by atoms with Gasteiger partial charge in [0, 0.05) is 6.42 Å². The Morgan fingerprint density at radius 2 is 1.77 bits per heavy atom. The van der Waals surface area contributed by atoms with Crippen molar-refractivity contribution in [2.24, 2.45) is 0 Å². The molecule has 3 atom stereocenters. The molecule has 26 heavy (non-hydrogen) atoms. The fourth-order valence-electron chi connectivity index (χ4n) is 3.60. The molecule has 2 nitrogen and oxygen atoms in total. The van der Waals surface area contributed by atoms with Gasteiger partial charge in [0.2, 0.25) is 0 Å². The number of quaternary nitrogens is 1. The van der Waals surface area contributed by atoms with E-state index in [0.29, 0.717) is 5.02 Å². The number of likely N-dealkylation sites (tertiary alicyclic amines) is 1. The van der Waals surface area contributed by atoms with Crippen molar-refractivity contribution < 1.29 is 9.64 Å². The Labute approximate surface area is 177 Å². The number of hydrogen-bond donors (Lipinski definition) is 1. The van der Waals surface area contributed by atoms with Gasteiger partial charge in [-0.1, -0.05) is 76.7 Å². The van der Waals surface area contributed by atoms with Crippen LogP contribution in [-0.4, -0.2) is 24.1 Å². The molecule has 142 valence electrons. The highest BCUT2D eigenvalue weighted by Gasteiger charge is 2.24. The maximum absolute atomic E-state index is 6.31. The zero-order valence-electron chi connectivity index (χ0n) is 15.8. The summed E-state index contributed by atoms with van der Waals surface area (Å²) in [6.45, 7) is 4.81. The molecule has 1 N–H and O–H groups in total. The summed E-state index contributed by atoms with van der Waals surface area (Å²) in [5.41, 5.74) is 1.22. The third kappa shape index (κ3) is 6.43. The third-order valence-electron chi connectivity index (χ3n) is 5.09. The van der Waals surface area contributed by atoms with Crippen LogP contribution in [0.2, 0.25) is 5.02 Å². The van der Waals surface area contributed by atoms with Gasteiger partial charge in [-0.3, -0.25) is 0 Å². The predicted octanol–water partition coefficient (Wildman–Crippen LogP) is 5.36. The summed E-state index contributed by atoms with van der Waals surface area (Å²) < 4.78 is 6.31. The second-order valence-corrected chi connectivity index (χ2v) is 7.20. The minimum absolute atomic E-state index is 0.0488. The number of rotatable bonds is 6. The smallest absolute Gasteiger partial charge is 0.138 e. The molecule has 2 aromatic carbocycles. The molecule has 2 aromatic rings. The second kappa shape index (κ2) is 11.8. The molecule has 1 fully saturated rings. The van der Waals surface area contributed by atoms with Gasteiger partial charge in [-0.15, -0.1) is 0 Å². The Balaban J connectivity index is 0.00000117. The maximum Gasteiger partial charge on any atom is 0.138 e. The number of nitrogens with one attached hydrogen (secondary N) is 1. The molecule has 0 bridgehead atoms. The zero-order valence-corrected chi connectivity index (χ0v) is 18.7. The van der Waals surface area contributed by atoms with Gasteiger partial charge in [0.05, 0.1) is 24.2 Å². The Morgan fingerprint density at radius 1 is 1.08 bits per heavy atom. The number of benzene rings is 2. The standard InChI is InChI=1S/C21H26ClNO.CH3I/c1-17-9-7-8-15-23(17)16-14-20(18-10-3-2-4-11-18)24-21-13-6-5-12-19(21)22;1-2/h2-6,10-13,17,20H,7-9,14-16H2,1H3;1H3/p+1. The Morgan fingerprint density at radius 3 is 2.46 bits per heavy atom. The molecule has 4 heteroatoms. The Kier molecular flexibility index (Phi) is 9.79. The normalized spacial score (nSPS) is 20.6. The van der Waals surface area contributed by atoms with E-state index in [0.717, 1.165) is 24.8 Å². The monoisotopic (exact) mass is 486 g/mol. The molecule has 1 saturated heterocycles. The molecule has 1 aliphatic heterocycles. The van der Waals surface area contributed by atoms with E-state index >= 15 is 0 Å². The van der Waals surface area contributed by atoms with Crippen molar-refractivity contribution in [3.63, 3.8) is 0 Å². The largest absolute Gasteiger partial charge is 0.484 e. The summed E-state index contributed by atoms with van der Waals surface area (Å²) in [7, 11) is 0. The maximum atomic E-state index is 6.31. The number of hydrogen-bond acceptors (Lipinski definition) is 1. The average molecular weight is 487 g/mol. The van der Waals surface area contributed by atoms with E-state index < -0.39 is 0 Å². The molecule has 0 saturated carbocycles. The van der Waals surface area contributed by atoms with Crippen molar-refractivity contribution in [2.75, 3.05) is 18.0 Å². The quantitative estimate of drug-likeness (QED) is 0.429. The van der Waals surface area contributed by atoms with Crippen LogP contribution < -0.4 is 9.64 Å². The van der Waals surface area contributed by atoms with Gasteiger partial charge in [0.25, 0.3) is 0 Å². The Bertz CT molecular complexity index is 637. The molecule has 3 rings (SSSR count). The van der Waals surface area contributed by atoms with E-state index in [1.165, 1.54) is 31.4 Å². The fraction of sp³-hybridized carbons (Fsp3) is 0.455. The zero-order chi connectivity index (χ0) is 18.8. The van der Waals surface area contributed by atoms with Gasteiger partial charge >= 0.3 is 0 Å². The molecule has 1 aliphatic rings. The van der Waals surface area contributed by atoms with Crippen molar-refractivity contribution in [1.82, 2.24) is 0 Å². The lowest BCUT2D eigenvalue weighted by Gasteiger charge is -2.31. The highest BCUT2D eigenvalue weighted by Crippen LogP contribution is 2.30. The van der Waals surface area contributed by atoms with E-state index in [2.05, 4.69) is 53.8 Å². The topological polar surface area (TPSA) is 13.7 Å². The minimum atomic E-state index is 0.0488. The van der Waals surface area contributed by atoms with Gasteiger partial charge < -0.3 is 9.64 Å². The third-order valence-corrected chi connectivity index (χ3v) is 5.40. The number of para-hydroxylation sites is 1. The number of piperidine rings is 1. The van der Waals surface area contributed by atoms with Crippen LogP contribution in [0.5, 0.6) is 5.75 Å². The summed E-state index contributed by atoms with van der Waals surface area (Å²) in [5, 5.41) is 0.678. The molecular weight excluding hydrogens is 457 g/mol. The first-order valence-corrected chi connectivity index (χ1v) is 12.0. The SMILES string of the molecule is CC1CCCC[NH+]1CCC(Oc1ccccc1Cl)c1ccccc1.CI. The minimum Gasteiger partial charge on any atom is -0.484 e. The van der Waals surface area contributed by atoms with E-state index in [9.17, 15) is 0 Å². The van der Waals surface area contributed by atoms with Crippen LogP contribution in [0.4, 0.5) is 0 Å². The van der Waals surface area contributed by atoms with Crippen molar-refractivity contribution in [3.8, 4) is 5.75 Å². The molecule has 0 aromatic heterocycles. The van der Waals surface area contributed by atoms with Gasteiger partial charge in [0.15, 0.2) is 0 Å². The Hall–Kier alpha value is -0.780. The molecule has 0 spiro atoms. The van der Waals surface area contributed by atoms with Crippen LogP contribution in [0.1, 0.15) is 44.3 Å². The molecular formula is C22H30ClINO+. The molecule has 0 radical (unpaired) electrons. The highest BCUT2D eigenvalue weighted by molar-refractivity contribution is 14.1. The predicted molar refractivity (Wildman–Crippen MR) is 120 cm³/mol. The fourth-order valence-corrected chi connectivity index (χ4v) is 3.78. The lowest BCUT2D eigenvalue weighted by molar-refractivity contribution is -0.929. The molecule has 3 unspecified atom stereocenters. The summed E-state index contributed by atoms with van der Waals surface area (Å²) in [4.78, 5) is 3.68. The lowest BCUT2D eigenvalue weighted by atomic mass is 10.0. The van der Waals surface area contributed by atoms with Crippen molar-refractivity contribution in [3.05, 3.63) is 65.2 Å². The lowest BCUT2D eigenvalue weighted by Crippen LogP contribution is -3.16. The van der Waals surface area contributed by atoms with Crippen LogP contribution in [-0.2, 0) is 0 Å². The van der Waals surface area contributed by atoms with Crippen LogP contribution in [0.15, 0.2) is 54.6 Å². The molecule has 1 heterocycles. The first-order chi connectivity index (χ1) is 12.7. The van der Waals surface area contributed by atoms with E-state index in [-0.39, 0.29) is 6.10 Å². The number of alkyl halides is 1. The summed E-state index contributed by atoms with van der Waals surface area (Å²) in [6, 6.07) is 19.0. The van der Waals surface area contributed by atoms with Gasteiger partial charge in [-0.05, 0) is 48.8 Å². The van der Waals surface area contributed by atoms with Crippen molar-refractivity contribution in [2.45, 2.75) is 44.8 Å². The first kappa shape index (κ1) is 21.5. The summed E-state index contributed by atoms with van der Waals surface area (Å²) in [5.74, 6) is 0.773. The number of halogens is 2. The van der Waals surface area contributed by atoms with Crippen LogP contribution in [0.25, 0.3) is 0 Å². The van der Waals surface area contributed by atoms with Crippen LogP contribution >= 0.6 is 34.2 Å². The van der Waals surface area contributed by atoms with Crippen LogP contribution in [0, 0.1) is 0 Å². The van der Waals surface area contributed by atoms with Gasteiger partial charge in [-0.25, -0.2) is 0 Å². The average Bonchev–Trinajstić information content (AvgIpc) is 2.70. The molecule has 0 amide bonds.